The van der Waals surface area contributed by atoms with Crippen LogP contribution in [0.4, 0.5) is 0 Å². The maximum absolute atomic E-state index is 5.63. The SMILES string of the molecule is CCc1cc(CC(CSCC(C)C)NN)n(C)n1. The minimum Gasteiger partial charge on any atom is -0.272 e. The summed E-state index contributed by atoms with van der Waals surface area (Å²) in [6.45, 7) is 6.61. The monoisotopic (exact) mass is 270 g/mol. The Morgan fingerprint density at radius 3 is 2.67 bits per heavy atom. The van der Waals surface area contributed by atoms with Gasteiger partial charge in [-0.2, -0.15) is 16.9 Å². The van der Waals surface area contributed by atoms with Crippen LogP contribution in [0.25, 0.3) is 0 Å². The molecule has 5 heteroatoms. The fourth-order valence-electron chi connectivity index (χ4n) is 1.80. The summed E-state index contributed by atoms with van der Waals surface area (Å²) in [5, 5.41) is 4.47. The van der Waals surface area contributed by atoms with E-state index >= 15 is 0 Å². The summed E-state index contributed by atoms with van der Waals surface area (Å²) in [6.07, 6.45) is 1.92. The van der Waals surface area contributed by atoms with Gasteiger partial charge in [-0.1, -0.05) is 20.8 Å². The van der Waals surface area contributed by atoms with Crippen LogP contribution in [-0.4, -0.2) is 27.3 Å². The molecule has 0 radical (unpaired) electrons. The smallest absolute Gasteiger partial charge is 0.0624 e. The van der Waals surface area contributed by atoms with E-state index < -0.39 is 0 Å². The first-order valence-corrected chi connectivity index (χ1v) is 7.77. The lowest BCUT2D eigenvalue weighted by atomic mass is 10.2. The van der Waals surface area contributed by atoms with Gasteiger partial charge in [0.15, 0.2) is 0 Å². The first-order valence-electron chi connectivity index (χ1n) is 6.62. The molecule has 1 heterocycles. The molecule has 0 bridgehead atoms. The Bertz CT molecular complexity index is 349. The van der Waals surface area contributed by atoms with E-state index in [1.165, 1.54) is 11.4 Å². The molecule has 0 aliphatic rings. The van der Waals surface area contributed by atoms with E-state index in [0.29, 0.717) is 6.04 Å². The number of hydrogen-bond acceptors (Lipinski definition) is 4. The van der Waals surface area contributed by atoms with Crippen LogP contribution < -0.4 is 11.3 Å². The molecule has 1 atom stereocenters. The van der Waals surface area contributed by atoms with Crippen LogP contribution in [0.2, 0.25) is 0 Å². The quantitative estimate of drug-likeness (QED) is 0.558. The van der Waals surface area contributed by atoms with Crippen LogP contribution in [0, 0.1) is 5.92 Å². The fraction of sp³-hybridized carbons (Fsp3) is 0.769. The largest absolute Gasteiger partial charge is 0.272 e. The molecule has 0 spiro atoms. The van der Waals surface area contributed by atoms with Gasteiger partial charge in [0, 0.05) is 31.0 Å². The minimum absolute atomic E-state index is 0.314. The predicted octanol–water partition coefficient (Wildman–Crippen LogP) is 1.75. The lowest BCUT2D eigenvalue weighted by Gasteiger charge is -2.16. The molecule has 4 nitrogen and oxygen atoms in total. The van der Waals surface area contributed by atoms with Crippen molar-refractivity contribution in [2.24, 2.45) is 18.8 Å². The Labute approximate surface area is 115 Å². The van der Waals surface area contributed by atoms with Gasteiger partial charge in [-0.05, 0) is 24.2 Å². The van der Waals surface area contributed by atoms with Crippen LogP contribution in [0.5, 0.6) is 0 Å². The second kappa shape index (κ2) is 7.81. The second-order valence-electron chi connectivity index (χ2n) is 5.10. The lowest BCUT2D eigenvalue weighted by molar-refractivity contribution is 0.550. The Balaban J connectivity index is 2.48. The Hall–Kier alpha value is -0.520. The van der Waals surface area contributed by atoms with Crippen molar-refractivity contribution in [1.29, 1.82) is 0 Å². The van der Waals surface area contributed by atoms with Gasteiger partial charge in [-0.25, -0.2) is 0 Å². The molecule has 0 aromatic carbocycles. The maximum Gasteiger partial charge on any atom is 0.0624 e. The van der Waals surface area contributed by atoms with Gasteiger partial charge < -0.3 is 0 Å². The van der Waals surface area contributed by atoms with E-state index in [1.807, 2.05) is 23.5 Å². The number of nitrogens with one attached hydrogen (secondary N) is 1. The van der Waals surface area contributed by atoms with Crippen molar-refractivity contribution in [3.63, 3.8) is 0 Å². The van der Waals surface area contributed by atoms with Gasteiger partial charge in [0.1, 0.15) is 0 Å². The summed E-state index contributed by atoms with van der Waals surface area (Å²) >= 11 is 1.96. The second-order valence-corrected chi connectivity index (χ2v) is 6.18. The Kier molecular flexibility index (Phi) is 6.75. The topological polar surface area (TPSA) is 55.9 Å². The van der Waals surface area contributed by atoms with Crippen molar-refractivity contribution in [1.82, 2.24) is 15.2 Å². The third kappa shape index (κ3) is 5.00. The summed E-state index contributed by atoms with van der Waals surface area (Å²) < 4.78 is 1.97. The highest BCUT2D eigenvalue weighted by Crippen LogP contribution is 2.12. The molecule has 0 aliphatic heterocycles. The molecule has 104 valence electrons. The van der Waals surface area contributed by atoms with E-state index in [9.17, 15) is 0 Å². The number of hydrogen-bond donors (Lipinski definition) is 2. The van der Waals surface area contributed by atoms with Gasteiger partial charge in [0.25, 0.3) is 0 Å². The van der Waals surface area contributed by atoms with Crippen LogP contribution in [0.3, 0.4) is 0 Å². The first-order chi connectivity index (χ1) is 8.56. The highest BCUT2D eigenvalue weighted by atomic mass is 32.2. The van der Waals surface area contributed by atoms with Crippen molar-refractivity contribution in [3.05, 3.63) is 17.5 Å². The van der Waals surface area contributed by atoms with E-state index in [-0.39, 0.29) is 0 Å². The van der Waals surface area contributed by atoms with Crippen LogP contribution in [0.1, 0.15) is 32.2 Å². The normalized spacial score (nSPS) is 13.2. The number of hydrazine groups is 1. The van der Waals surface area contributed by atoms with Gasteiger partial charge in [-0.3, -0.25) is 16.0 Å². The average molecular weight is 270 g/mol. The molecule has 18 heavy (non-hydrogen) atoms. The molecule has 0 aliphatic carbocycles. The molecule has 1 rings (SSSR count). The van der Waals surface area contributed by atoms with Crippen LogP contribution >= 0.6 is 11.8 Å². The van der Waals surface area contributed by atoms with Gasteiger partial charge in [0.2, 0.25) is 0 Å². The van der Waals surface area contributed by atoms with Gasteiger partial charge in [-0.15, -0.1) is 0 Å². The highest BCUT2D eigenvalue weighted by molar-refractivity contribution is 7.99. The number of aromatic nitrogens is 2. The molecule has 0 saturated carbocycles. The summed E-state index contributed by atoms with van der Waals surface area (Å²) in [5.41, 5.74) is 5.32. The van der Waals surface area contributed by atoms with Gasteiger partial charge >= 0.3 is 0 Å². The third-order valence-corrected chi connectivity index (χ3v) is 4.39. The summed E-state index contributed by atoms with van der Waals surface area (Å²) in [4.78, 5) is 0. The zero-order valence-electron chi connectivity index (χ0n) is 11.9. The maximum atomic E-state index is 5.63. The molecular weight excluding hydrogens is 244 g/mol. The Morgan fingerprint density at radius 1 is 1.44 bits per heavy atom. The fourth-order valence-corrected chi connectivity index (χ4v) is 2.91. The van der Waals surface area contributed by atoms with E-state index in [1.54, 1.807) is 0 Å². The predicted molar refractivity (Wildman–Crippen MR) is 79.6 cm³/mol. The molecular formula is C13H26N4S. The zero-order chi connectivity index (χ0) is 13.5. The highest BCUT2D eigenvalue weighted by Gasteiger charge is 2.12. The van der Waals surface area contributed by atoms with Crippen LogP contribution in [0.15, 0.2) is 6.07 Å². The van der Waals surface area contributed by atoms with Crippen molar-refractivity contribution < 1.29 is 0 Å². The molecule has 0 amide bonds. The van der Waals surface area contributed by atoms with Crippen molar-refractivity contribution in [3.8, 4) is 0 Å². The van der Waals surface area contributed by atoms with Crippen molar-refractivity contribution in [2.45, 2.75) is 39.7 Å². The lowest BCUT2D eigenvalue weighted by Crippen LogP contribution is -2.39. The number of thioether (sulfide) groups is 1. The molecule has 1 aromatic rings. The molecule has 0 fully saturated rings. The molecule has 0 saturated heterocycles. The van der Waals surface area contributed by atoms with Crippen molar-refractivity contribution >= 4 is 11.8 Å². The van der Waals surface area contributed by atoms with Crippen molar-refractivity contribution in [2.75, 3.05) is 11.5 Å². The van der Waals surface area contributed by atoms with Gasteiger partial charge in [0.05, 0.1) is 5.69 Å². The van der Waals surface area contributed by atoms with E-state index in [0.717, 1.165) is 30.2 Å². The first kappa shape index (κ1) is 15.5. The van der Waals surface area contributed by atoms with E-state index in [4.69, 9.17) is 5.84 Å². The number of rotatable bonds is 8. The standard InChI is InChI=1S/C13H26N4S/c1-5-11-6-13(17(4)16-11)7-12(15-14)9-18-8-10(2)3/h6,10,12,15H,5,7-9,14H2,1-4H3. The summed E-state index contributed by atoms with van der Waals surface area (Å²) in [6, 6.07) is 2.49. The molecule has 3 N–H and O–H groups in total. The molecule has 1 unspecified atom stereocenters. The number of aryl methyl sites for hydroxylation is 2. The Morgan fingerprint density at radius 2 is 2.17 bits per heavy atom. The minimum atomic E-state index is 0.314. The van der Waals surface area contributed by atoms with Crippen LogP contribution in [-0.2, 0) is 19.9 Å². The van der Waals surface area contributed by atoms with E-state index in [2.05, 4.69) is 37.4 Å². The average Bonchev–Trinajstić information content (AvgIpc) is 2.68. The number of nitrogens with two attached hydrogens (primary N) is 1. The summed E-state index contributed by atoms with van der Waals surface area (Å²) in [5.74, 6) is 8.59. The zero-order valence-corrected chi connectivity index (χ0v) is 12.8. The number of nitrogens with zero attached hydrogens (tertiary/aromatic N) is 2. The molecule has 1 aromatic heterocycles. The summed E-state index contributed by atoms with van der Waals surface area (Å²) in [7, 11) is 2.00. The third-order valence-electron chi connectivity index (χ3n) is 2.85.